The highest BCUT2D eigenvalue weighted by molar-refractivity contribution is 5.33. The van der Waals surface area contributed by atoms with E-state index < -0.39 is 0 Å². The second-order valence-electron chi connectivity index (χ2n) is 7.40. The van der Waals surface area contributed by atoms with Crippen molar-refractivity contribution < 1.29 is 0 Å². The highest BCUT2D eigenvalue weighted by Crippen LogP contribution is 2.57. The van der Waals surface area contributed by atoms with Gasteiger partial charge in [-0.3, -0.25) is 9.88 Å². The van der Waals surface area contributed by atoms with Crippen LogP contribution in [0.5, 0.6) is 0 Å². The Morgan fingerprint density at radius 1 is 1.25 bits per heavy atom. The molecule has 0 radical (unpaired) electrons. The standard InChI is InChI=1S/C21H23N3/c1-15-5-6-17(10-16(15)2)13-24-14-19(18-4-3-9-23-12-18)20(11-22)21(24)7-8-21/h3-6,9-10,12,19-20H,7-8,13-14H2,1-2H3. The Morgan fingerprint density at radius 3 is 2.71 bits per heavy atom. The molecule has 0 N–H and O–H groups in total. The molecule has 2 aliphatic rings. The summed E-state index contributed by atoms with van der Waals surface area (Å²) in [6.07, 6.45) is 6.03. The van der Waals surface area contributed by atoms with E-state index in [9.17, 15) is 5.26 Å². The fourth-order valence-corrected chi connectivity index (χ4v) is 4.30. The summed E-state index contributed by atoms with van der Waals surface area (Å²) in [5.41, 5.74) is 5.33. The molecule has 1 aliphatic carbocycles. The van der Waals surface area contributed by atoms with Crippen LogP contribution in [0.4, 0.5) is 0 Å². The highest BCUT2D eigenvalue weighted by atomic mass is 15.3. The van der Waals surface area contributed by atoms with Crippen LogP contribution in [0.25, 0.3) is 0 Å². The second-order valence-corrected chi connectivity index (χ2v) is 7.40. The molecule has 2 fully saturated rings. The van der Waals surface area contributed by atoms with Gasteiger partial charge in [0.2, 0.25) is 0 Å². The maximum Gasteiger partial charge on any atom is 0.0728 e. The van der Waals surface area contributed by atoms with Gasteiger partial charge in [0.05, 0.1) is 12.0 Å². The van der Waals surface area contributed by atoms with E-state index in [0.29, 0.717) is 0 Å². The van der Waals surface area contributed by atoms with Crippen LogP contribution in [0.3, 0.4) is 0 Å². The number of hydrogen-bond donors (Lipinski definition) is 0. The first-order chi connectivity index (χ1) is 11.6. The third-order valence-corrected chi connectivity index (χ3v) is 5.99. The lowest BCUT2D eigenvalue weighted by molar-refractivity contribution is 0.211. The average molecular weight is 317 g/mol. The Morgan fingerprint density at radius 2 is 2.08 bits per heavy atom. The van der Waals surface area contributed by atoms with Gasteiger partial charge in [-0.15, -0.1) is 0 Å². The Balaban J connectivity index is 1.62. The largest absolute Gasteiger partial charge is 0.291 e. The molecule has 24 heavy (non-hydrogen) atoms. The van der Waals surface area contributed by atoms with Crippen molar-refractivity contribution in [3.8, 4) is 6.07 Å². The van der Waals surface area contributed by atoms with Crippen molar-refractivity contribution in [1.29, 1.82) is 5.26 Å². The molecular formula is C21H23N3. The Hall–Kier alpha value is -2.18. The Kier molecular flexibility index (Phi) is 3.66. The molecule has 3 nitrogen and oxygen atoms in total. The summed E-state index contributed by atoms with van der Waals surface area (Å²) in [6, 6.07) is 13.5. The highest BCUT2D eigenvalue weighted by Gasteiger charge is 2.61. The number of aromatic nitrogens is 1. The summed E-state index contributed by atoms with van der Waals surface area (Å²) in [6.45, 7) is 6.22. The zero-order chi connectivity index (χ0) is 16.7. The van der Waals surface area contributed by atoms with E-state index in [4.69, 9.17) is 0 Å². The van der Waals surface area contributed by atoms with Crippen LogP contribution in [-0.4, -0.2) is 22.0 Å². The van der Waals surface area contributed by atoms with Crippen LogP contribution >= 0.6 is 0 Å². The number of benzene rings is 1. The maximum atomic E-state index is 9.84. The molecule has 2 heterocycles. The molecule has 1 aromatic carbocycles. The topological polar surface area (TPSA) is 39.9 Å². The predicted octanol–water partition coefficient (Wildman–Crippen LogP) is 3.97. The third kappa shape index (κ3) is 2.42. The normalized spacial score (nSPS) is 24.9. The lowest BCUT2D eigenvalue weighted by Crippen LogP contribution is -2.34. The minimum absolute atomic E-state index is 0.0771. The summed E-state index contributed by atoms with van der Waals surface area (Å²) in [5, 5.41) is 9.84. The monoisotopic (exact) mass is 317 g/mol. The fourth-order valence-electron chi connectivity index (χ4n) is 4.30. The number of nitrogens with zero attached hydrogens (tertiary/aromatic N) is 3. The summed E-state index contributed by atoms with van der Waals surface area (Å²) >= 11 is 0. The van der Waals surface area contributed by atoms with Gasteiger partial charge in [0.25, 0.3) is 0 Å². The average Bonchev–Trinajstić information content (AvgIpc) is 3.32. The SMILES string of the molecule is Cc1ccc(CN2CC(c3cccnc3)C(C#N)C23CC3)cc1C. The first kappa shape index (κ1) is 15.4. The van der Waals surface area contributed by atoms with E-state index >= 15 is 0 Å². The lowest BCUT2D eigenvalue weighted by atomic mass is 9.85. The van der Waals surface area contributed by atoms with Crippen LogP contribution in [0.1, 0.15) is 41.0 Å². The number of aryl methyl sites for hydroxylation is 2. The second kappa shape index (κ2) is 5.72. The first-order valence-corrected chi connectivity index (χ1v) is 8.75. The summed E-state index contributed by atoms with van der Waals surface area (Å²) in [7, 11) is 0. The molecule has 0 amide bonds. The van der Waals surface area contributed by atoms with E-state index in [1.54, 1.807) is 6.20 Å². The quantitative estimate of drug-likeness (QED) is 0.860. The molecule has 0 bridgehead atoms. The smallest absolute Gasteiger partial charge is 0.0728 e. The zero-order valence-electron chi connectivity index (χ0n) is 14.4. The minimum atomic E-state index is 0.0771. The molecule has 1 aromatic heterocycles. The Labute approximate surface area is 143 Å². The summed E-state index contributed by atoms with van der Waals surface area (Å²) in [4.78, 5) is 6.83. The predicted molar refractivity (Wildman–Crippen MR) is 94.4 cm³/mol. The van der Waals surface area contributed by atoms with Crippen molar-refractivity contribution in [1.82, 2.24) is 9.88 Å². The van der Waals surface area contributed by atoms with Crippen molar-refractivity contribution in [2.24, 2.45) is 5.92 Å². The number of pyridine rings is 1. The number of rotatable bonds is 3. The minimum Gasteiger partial charge on any atom is -0.291 e. The number of hydrogen-bond acceptors (Lipinski definition) is 3. The van der Waals surface area contributed by atoms with E-state index in [-0.39, 0.29) is 17.4 Å². The van der Waals surface area contributed by atoms with Gasteiger partial charge >= 0.3 is 0 Å². The van der Waals surface area contributed by atoms with Gasteiger partial charge in [0.1, 0.15) is 0 Å². The molecule has 122 valence electrons. The van der Waals surface area contributed by atoms with Crippen molar-refractivity contribution >= 4 is 0 Å². The van der Waals surface area contributed by atoms with Crippen LogP contribution < -0.4 is 0 Å². The lowest BCUT2D eigenvalue weighted by Gasteiger charge is -2.25. The van der Waals surface area contributed by atoms with Crippen LogP contribution in [0.2, 0.25) is 0 Å². The summed E-state index contributed by atoms with van der Waals surface area (Å²) in [5.74, 6) is 0.353. The molecule has 4 rings (SSSR count). The van der Waals surface area contributed by atoms with Gasteiger partial charge in [0.15, 0.2) is 0 Å². The molecular weight excluding hydrogens is 294 g/mol. The van der Waals surface area contributed by atoms with Crippen LogP contribution in [-0.2, 0) is 6.54 Å². The molecule has 1 saturated carbocycles. The van der Waals surface area contributed by atoms with Crippen molar-refractivity contribution in [2.45, 2.75) is 44.7 Å². The number of likely N-dealkylation sites (tertiary alicyclic amines) is 1. The molecule has 2 aromatic rings. The molecule has 1 aliphatic heterocycles. The third-order valence-electron chi connectivity index (χ3n) is 5.99. The van der Waals surface area contributed by atoms with Gasteiger partial charge in [-0.1, -0.05) is 24.3 Å². The van der Waals surface area contributed by atoms with Gasteiger partial charge in [0, 0.05) is 36.9 Å². The van der Waals surface area contributed by atoms with E-state index in [1.165, 1.54) is 22.3 Å². The van der Waals surface area contributed by atoms with E-state index in [1.807, 2.05) is 12.3 Å². The molecule has 1 saturated heterocycles. The molecule has 2 unspecified atom stereocenters. The van der Waals surface area contributed by atoms with E-state index in [0.717, 1.165) is 25.9 Å². The Bertz CT molecular complexity index is 786. The molecule has 3 heteroatoms. The van der Waals surface area contributed by atoms with Gasteiger partial charge in [-0.2, -0.15) is 5.26 Å². The van der Waals surface area contributed by atoms with Crippen molar-refractivity contribution in [3.63, 3.8) is 0 Å². The fraction of sp³-hybridized carbons (Fsp3) is 0.429. The van der Waals surface area contributed by atoms with Crippen LogP contribution in [0.15, 0.2) is 42.7 Å². The first-order valence-electron chi connectivity index (χ1n) is 8.75. The van der Waals surface area contributed by atoms with E-state index in [2.05, 4.69) is 54.1 Å². The van der Waals surface area contributed by atoms with Gasteiger partial charge in [-0.05, 0) is 55.0 Å². The van der Waals surface area contributed by atoms with Gasteiger partial charge in [-0.25, -0.2) is 0 Å². The molecule has 2 atom stereocenters. The molecule has 1 spiro atoms. The summed E-state index contributed by atoms with van der Waals surface area (Å²) < 4.78 is 0. The van der Waals surface area contributed by atoms with Gasteiger partial charge < -0.3 is 0 Å². The number of nitriles is 1. The van der Waals surface area contributed by atoms with Crippen LogP contribution in [0, 0.1) is 31.1 Å². The maximum absolute atomic E-state index is 9.84. The zero-order valence-corrected chi connectivity index (χ0v) is 14.4. The van der Waals surface area contributed by atoms with Crippen molar-refractivity contribution in [3.05, 3.63) is 65.0 Å². The van der Waals surface area contributed by atoms with Crippen molar-refractivity contribution in [2.75, 3.05) is 6.54 Å².